The maximum Gasteiger partial charge on any atom is 0.277 e. The molecule has 0 aliphatic rings. The number of unbranched alkanes of at least 4 members (excludes halogenated alkanes) is 1. The van der Waals surface area contributed by atoms with E-state index in [4.69, 9.17) is 4.74 Å². The minimum atomic E-state index is -4.39. The molecule has 198 valence electrons. The second-order valence-corrected chi connectivity index (χ2v) is 10.9. The Kier molecular flexibility index (Phi) is 7.97. The van der Waals surface area contributed by atoms with Crippen molar-refractivity contribution in [3.05, 3.63) is 94.3 Å². The van der Waals surface area contributed by atoms with Crippen LogP contribution in [0.4, 0.5) is 0 Å². The summed E-state index contributed by atoms with van der Waals surface area (Å²) in [6.07, 6.45) is 3.64. The van der Waals surface area contributed by atoms with E-state index < -0.39 is 32.2 Å². The van der Waals surface area contributed by atoms with Crippen LogP contribution < -0.4 is 10.3 Å². The fourth-order valence-corrected chi connectivity index (χ4v) is 5.91. The molecule has 0 saturated heterocycles. The predicted octanol–water partition coefficient (Wildman–Crippen LogP) is 5.11. The van der Waals surface area contributed by atoms with Gasteiger partial charge in [0.05, 0.1) is 18.0 Å². The number of hydrogen-bond donors (Lipinski definition) is 1. The maximum absolute atomic E-state index is 13.9. The van der Waals surface area contributed by atoms with Crippen LogP contribution in [-0.2, 0) is 16.3 Å². The molecule has 0 unspecified atom stereocenters. The van der Waals surface area contributed by atoms with Gasteiger partial charge in [0.25, 0.3) is 5.56 Å². The molecule has 2 aromatic heterocycles. The molecule has 0 amide bonds. The smallest absolute Gasteiger partial charge is 0.277 e. The molecule has 0 aliphatic carbocycles. The summed E-state index contributed by atoms with van der Waals surface area (Å²) in [5.41, 5.74) is 2.33. The maximum atomic E-state index is 13.9. The highest BCUT2D eigenvalue weighted by Crippen LogP contribution is 2.31. The Morgan fingerprint density at radius 1 is 1.05 bits per heavy atom. The number of ether oxygens (including phenoxy) is 1. The van der Waals surface area contributed by atoms with Gasteiger partial charge in [0.1, 0.15) is 11.6 Å². The van der Waals surface area contributed by atoms with E-state index in [2.05, 4.69) is 9.97 Å². The molecule has 1 N–H and O–H groups in total. The number of aromatic hydroxyl groups is 1. The minimum absolute atomic E-state index is 0.116. The lowest BCUT2D eigenvalue weighted by Crippen LogP contribution is -2.33. The largest absolute Gasteiger partial charge is 0.496 e. The minimum Gasteiger partial charge on any atom is -0.496 e. The van der Waals surface area contributed by atoms with Crippen molar-refractivity contribution >= 4 is 9.84 Å². The van der Waals surface area contributed by atoms with Crippen LogP contribution in [0.2, 0.25) is 0 Å². The van der Waals surface area contributed by atoms with E-state index in [1.54, 1.807) is 31.3 Å². The van der Waals surface area contributed by atoms with Crippen molar-refractivity contribution in [1.82, 2.24) is 14.5 Å². The van der Waals surface area contributed by atoms with Crippen molar-refractivity contribution in [2.45, 2.75) is 55.9 Å². The monoisotopic (exact) mass is 533 g/mol. The molecule has 0 fully saturated rings. The van der Waals surface area contributed by atoms with Crippen molar-refractivity contribution in [3.63, 3.8) is 0 Å². The average molecular weight is 534 g/mol. The zero-order valence-corrected chi connectivity index (χ0v) is 22.7. The van der Waals surface area contributed by atoms with Crippen molar-refractivity contribution in [2.24, 2.45) is 0 Å². The summed E-state index contributed by atoms with van der Waals surface area (Å²) in [6, 6.07) is 16.5. The third-order valence-corrected chi connectivity index (χ3v) is 8.40. The molecule has 8 nitrogen and oxygen atoms in total. The Morgan fingerprint density at radius 3 is 2.42 bits per heavy atom. The van der Waals surface area contributed by atoms with Crippen LogP contribution in [0.5, 0.6) is 11.6 Å². The van der Waals surface area contributed by atoms with E-state index in [1.165, 1.54) is 23.8 Å². The third-order valence-electron chi connectivity index (χ3n) is 6.61. The van der Waals surface area contributed by atoms with E-state index in [1.807, 2.05) is 44.2 Å². The Hall–Kier alpha value is -3.98. The summed E-state index contributed by atoms with van der Waals surface area (Å²) in [6.45, 7) is 5.66. The summed E-state index contributed by atoms with van der Waals surface area (Å²) in [4.78, 5) is 21.5. The van der Waals surface area contributed by atoms with Crippen LogP contribution in [0.3, 0.4) is 0 Å². The Balaban J connectivity index is 1.86. The molecular formula is C29H31N3O5S. The van der Waals surface area contributed by atoms with Crippen LogP contribution in [0, 0.1) is 6.92 Å². The Bertz CT molecular complexity index is 1610. The molecule has 38 heavy (non-hydrogen) atoms. The zero-order chi connectivity index (χ0) is 27.4. The first-order valence-electron chi connectivity index (χ1n) is 12.4. The highest BCUT2D eigenvalue weighted by Gasteiger charge is 2.31. The van der Waals surface area contributed by atoms with Gasteiger partial charge in [0, 0.05) is 29.4 Å². The van der Waals surface area contributed by atoms with Crippen LogP contribution in [0.15, 0.2) is 81.4 Å². The molecule has 9 heteroatoms. The van der Waals surface area contributed by atoms with Gasteiger partial charge in [-0.25, -0.2) is 8.42 Å². The van der Waals surface area contributed by atoms with Crippen LogP contribution in [-0.4, -0.2) is 35.2 Å². The summed E-state index contributed by atoms with van der Waals surface area (Å²) >= 11 is 0. The summed E-state index contributed by atoms with van der Waals surface area (Å²) in [5, 5.41) is 10.8. The molecule has 1 atom stereocenters. The Labute approximate surface area is 222 Å². The van der Waals surface area contributed by atoms with Gasteiger partial charge < -0.3 is 9.84 Å². The number of aromatic nitrogens is 3. The summed E-state index contributed by atoms with van der Waals surface area (Å²) < 4.78 is 34.2. The van der Waals surface area contributed by atoms with Gasteiger partial charge in [-0.3, -0.25) is 14.3 Å². The predicted molar refractivity (Wildman–Crippen MR) is 145 cm³/mol. The highest BCUT2D eigenvalue weighted by atomic mass is 32.2. The molecule has 2 heterocycles. The van der Waals surface area contributed by atoms with Gasteiger partial charge in [-0.1, -0.05) is 49.7 Å². The van der Waals surface area contributed by atoms with Gasteiger partial charge in [-0.15, -0.1) is 0 Å². The van der Waals surface area contributed by atoms with Crippen molar-refractivity contribution in [1.29, 1.82) is 0 Å². The van der Waals surface area contributed by atoms with E-state index in [9.17, 15) is 18.3 Å². The number of rotatable bonds is 9. The molecule has 0 aliphatic heterocycles. The molecule has 0 bridgehead atoms. The third kappa shape index (κ3) is 5.06. The van der Waals surface area contributed by atoms with Crippen molar-refractivity contribution in [3.8, 4) is 22.8 Å². The second kappa shape index (κ2) is 11.2. The molecular weight excluding hydrogens is 502 g/mol. The van der Waals surface area contributed by atoms with E-state index >= 15 is 0 Å². The van der Waals surface area contributed by atoms with Gasteiger partial charge in [0.2, 0.25) is 15.7 Å². The molecule has 0 spiro atoms. The lowest BCUT2D eigenvalue weighted by Gasteiger charge is -2.22. The Morgan fingerprint density at radius 2 is 1.76 bits per heavy atom. The van der Waals surface area contributed by atoms with Crippen LogP contribution >= 0.6 is 0 Å². The van der Waals surface area contributed by atoms with E-state index in [0.717, 1.165) is 23.2 Å². The first-order valence-corrected chi connectivity index (χ1v) is 13.9. The fraction of sp³-hybridized carbons (Fsp3) is 0.276. The van der Waals surface area contributed by atoms with Crippen LogP contribution in [0.1, 0.15) is 49.8 Å². The molecule has 2 aromatic carbocycles. The van der Waals surface area contributed by atoms with Crippen molar-refractivity contribution < 1.29 is 18.3 Å². The standard InChI is InChI=1S/C29H31N3O5S/c1-5-6-13-26-31-28(33)27(29(34)32(26)20(3)24-10-7-8-12-25(24)37-4)38(35,36)22-16-14-21(15-17-22)23-11-9-18-30-19(23)2/h7-12,14-18,20,33H,5-6,13H2,1-4H3/t20-/m0/s1. The number of methoxy groups -OCH3 is 1. The first kappa shape index (κ1) is 27.1. The second-order valence-electron chi connectivity index (χ2n) is 9.04. The number of aryl methyl sites for hydroxylation is 2. The lowest BCUT2D eigenvalue weighted by atomic mass is 10.1. The number of sulfone groups is 1. The van der Waals surface area contributed by atoms with Crippen LogP contribution in [0.25, 0.3) is 11.1 Å². The lowest BCUT2D eigenvalue weighted by molar-refractivity contribution is 0.394. The van der Waals surface area contributed by atoms with Crippen molar-refractivity contribution in [2.75, 3.05) is 7.11 Å². The summed E-state index contributed by atoms with van der Waals surface area (Å²) in [5.74, 6) is 0.0815. The zero-order valence-electron chi connectivity index (χ0n) is 21.9. The van der Waals surface area contributed by atoms with Gasteiger partial charge in [0.15, 0.2) is 4.90 Å². The van der Waals surface area contributed by atoms with E-state index in [-0.39, 0.29) is 4.90 Å². The molecule has 0 saturated carbocycles. The number of hydrogen-bond acceptors (Lipinski definition) is 7. The number of pyridine rings is 1. The molecule has 4 aromatic rings. The quantitative estimate of drug-likeness (QED) is 0.318. The van der Waals surface area contributed by atoms with Gasteiger partial charge in [-0.2, -0.15) is 4.98 Å². The highest BCUT2D eigenvalue weighted by molar-refractivity contribution is 7.91. The van der Waals surface area contributed by atoms with E-state index in [0.29, 0.717) is 30.0 Å². The van der Waals surface area contributed by atoms with Gasteiger partial charge >= 0.3 is 0 Å². The molecule has 4 rings (SSSR count). The number of benzene rings is 2. The summed E-state index contributed by atoms with van der Waals surface area (Å²) in [7, 11) is -2.86. The normalized spacial score (nSPS) is 12.3. The first-order chi connectivity index (χ1) is 18.2. The number of para-hydroxylation sites is 1. The average Bonchev–Trinajstić information content (AvgIpc) is 2.91. The number of nitrogens with zero attached hydrogens (tertiary/aromatic N) is 3. The molecule has 0 radical (unpaired) electrons. The SMILES string of the molecule is CCCCc1nc(O)c(S(=O)(=O)c2ccc(-c3cccnc3C)cc2)c(=O)n1[C@@H](C)c1ccccc1OC. The fourth-order valence-electron chi connectivity index (χ4n) is 4.57. The topological polar surface area (TPSA) is 111 Å². The van der Waals surface area contributed by atoms with Gasteiger partial charge in [-0.05, 0) is 50.1 Å².